The van der Waals surface area contributed by atoms with Crippen molar-refractivity contribution in [1.82, 2.24) is 4.90 Å². The van der Waals surface area contributed by atoms with Gasteiger partial charge in [-0.25, -0.2) is 4.79 Å². The molecule has 1 saturated heterocycles. The van der Waals surface area contributed by atoms with Crippen molar-refractivity contribution >= 4 is 6.09 Å². The Hall–Kier alpha value is -0.850. The predicted molar refractivity (Wildman–Crippen MR) is 76.6 cm³/mol. The van der Waals surface area contributed by atoms with E-state index in [-0.39, 0.29) is 12.2 Å². The van der Waals surface area contributed by atoms with Crippen molar-refractivity contribution in [3.8, 4) is 0 Å². The van der Waals surface area contributed by atoms with Gasteiger partial charge in [-0.1, -0.05) is 0 Å². The molecule has 0 aromatic rings. The van der Waals surface area contributed by atoms with Crippen LogP contribution < -0.4 is 0 Å². The van der Waals surface area contributed by atoms with Crippen LogP contribution in [0.2, 0.25) is 0 Å². The smallest absolute Gasteiger partial charge is 0.409 e. The van der Waals surface area contributed by atoms with Gasteiger partial charge in [0.2, 0.25) is 11.6 Å². The molecule has 1 amide bonds. The highest BCUT2D eigenvalue weighted by atomic mass is 17.3. The molecule has 1 heterocycles. The molecular weight excluding hydrogens is 286 g/mol. The summed E-state index contributed by atoms with van der Waals surface area (Å²) >= 11 is 0. The number of nitrogens with zero attached hydrogens (tertiary/aromatic N) is 1. The highest BCUT2D eigenvalue weighted by molar-refractivity contribution is 5.66. The van der Waals surface area contributed by atoms with Gasteiger partial charge in [0.25, 0.3) is 0 Å². The second kappa shape index (κ2) is 5.08. The first-order valence-electron chi connectivity index (χ1n) is 8.45. The van der Waals surface area contributed by atoms with Gasteiger partial charge in [-0.05, 0) is 38.0 Å². The lowest BCUT2D eigenvalue weighted by molar-refractivity contribution is -0.363. The molecule has 3 aliphatic carbocycles. The molecule has 124 valence electrons. The van der Waals surface area contributed by atoms with Crippen molar-refractivity contribution in [2.45, 2.75) is 69.0 Å². The third kappa shape index (κ3) is 2.32. The van der Waals surface area contributed by atoms with Gasteiger partial charge in [-0.2, -0.15) is 9.78 Å². The fourth-order valence-corrected chi connectivity index (χ4v) is 4.62. The monoisotopic (exact) mass is 311 g/mol. The molecule has 5 unspecified atom stereocenters. The summed E-state index contributed by atoms with van der Waals surface area (Å²) in [4.78, 5) is 24.7. The number of carbonyl (C=O) groups is 1. The van der Waals surface area contributed by atoms with Crippen LogP contribution in [0.3, 0.4) is 0 Å². The summed E-state index contributed by atoms with van der Waals surface area (Å²) in [6.45, 7) is 0. The van der Waals surface area contributed by atoms with Crippen molar-refractivity contribution in [2.75, 3.05) is 14.1 Å². The van der Waals surface area contributed by atoms with Gasteiger partial charge in [0.05, 0.1) is 0 Å². The molecule has 0 N–H and O–H groups in total. The lowest BCUT2D eigenvalue weighted by Gasteiger charge is -2.36. The van der Waals surface area contributed by atoms with E-state index in [9.17, 15) is 4.79 Å². The summed E-state index contributed by atoms with van der Waals surface area (Å²) in [6.07, 6.45) is 7.26. The average Bonchev–Trinajstić information content (AvgIpc) is 3.14. The molecule has 5 atom stereocenters. The fraction of sp³-hybridized carbons (Fsp3) is 0.938. The van der Waals surface area contributed by atoms with Crippen LogP contribution >= 0.6 is 0 Å². The van der Waals surface area contributed by atoms with E-state index in [4.69, 9.17) is 19.2 Å². The molecule has 0 radical (unpaired) electrons. The zero-order valence-electron chi connectivity index (χ0n) is 13.4. The van der Waals surface area contributed by atoms with E-state index in [0.29, 0.717) is 12.3 Å². The first-order valence-corrected chi connectivity index (χ1v) is 8.45. The molecule has 2 spiro atoms. The molecule has 6 heteroatoms. The Labute approximate surface area is 130 Å². The molecular formula is C16H25NO5. The Morgan fingerprint density at radius 2 is 2.05 bits per heavy atom. The van der Waals surface area contributed by atoms with Crippen molar-refractivity contribution in [3.63, 3.8) is 0 Å². The van der Waals surface area contributed by atoms with Crippen molar-refractivity contribution in [3.05, 3.63) is 0 Å². The standard InChI is InChI=1S/C16H25NO5/c1-17(2)14(18)19-13-4-3-7-15(10-13)20-16(22-21-15)9-11-5-6-12(16)8-11/h11-13H,3-10H2,1-2H3. The quantitative estimate of drug-likeness (QED) is 0.697. The number of rotatable bonds is 1. The first-order chi connectivity index (χ1) is 10.5. The minimum absolute atomic E-state index is 0.166. The van der Waals surface area contributed by atoms with Crippen molar-refractivity contribution in [2.24, 2.45) is 11.8 Å². The summed E-state index contributed by atoms with van der Waals surface area (Å²) < 4.78 is 11.9. The number of amides is 1. The van der Waals surface area contributed by atoms with Gasteiger partial charge in [-0.3, -0.25) is 0 Å². The first kappa shape index (κ1) is 14.7. The lowest BCUT2D eigenvalue weighted by Crippen LogP contribution is -2.45. The summed E-state index contributed by atoms with van der Waals surface area (Å²) in [7, 11) is 3.38. The largest absolute Gasteiger partial charge is 0.446 e. The normalized spacial score (nSPS) is 46.5. The Kier molecular flexibility index (Phi) is 3.40. The van der Waals surface area contributed by atoms with Gasteiger partial charge >= 0.3 is 6.09 Å². The summed E-state index contributed by atoms with van der Waals surface area (Å²) in [5.74, 6) is -0.0765. The highest BCUT2D eigenvalue weighted by Gasteiger charge is 2.63. The van der Waals surface area contributed by atoms with E-state index < -0.39 is 11.6 Å². The van der Waals surface area contributed by atoms with Gasteiger partial charge in [0, 0.05) is 39.3 Å². The molecule has 2 bridgehead atoms. The number of ether oxygens (including phenoxy) is 2. The molecule has 22 heavy (non-hydrogen) atoms. The molecule has 1 aliphatic heterocycles. The number of hydrogen-bond acceptors (Lipinski definition) is 5. The van der Waals surface area contributed by atoms with Crippen molar-refractivity contribution < 1.29 is 24.0 Å². The molecule has 4 aliphatic rings. The molecule has 3 saturated carbocycles. The third-order valence-corrected chi connectivity index (χ3v) is 5.68. The van der Waals surface area contributed by atoms with Crippen LogP contribution in [0.4, 0.5) is 4.79 Å². The van der Waals surface area contributed by atoms with Crippen LogP contribution in [-0.2, 0) is 19.2 Å². The Morgan fingerprint density at radius 1 is 1.18 bits per heavy atom. The van der Waals surface area contributed by atoms with E-state index in [2.05, 4.69) is 0 Å². The van der Waals surface area contributed by atoms with Crippen LogP contribution in [0, 0.1) is 11.8 Å². The number of hydrogen-bond donors (Lipinski definition) is 0. The summed E-state index contributed by atoms with van der Waals surface area (Å²) in [6, 6.07) is 0. The fourth-order valence-electron chi connectivity index (χ4n) is 4.62. The molecule has 4 fully saturated rings. The maximum atomic E-state index is 11.8. The van der Waals surface area contributed by atoms with Gasteiger partial charge < -0.3 is 14.4 Å². The van der Waals surface area contributed by atoms with E-state index in [1.165, 1.54) is 24.2 Å². The van der Waals surface area contributed by atoms with Crippen LogP contribution in [0.5, 0.6) is 0 Å². The zero-order chi connectivity index (χ0) is 15.4. The number of carbonyl (C=O) groups excluding carboxylic acids is 1. The third-order valence-electron chi connectivity index (χ3n) is 5.68. The van der Waals surface area contributed by atoms with E-state index >= 15 is 0 Å². The molecule has 4 rings (SSSR count). The average molecular weight is 311 g/mol. The lowest BCUT2D eigenvalue weighted by atomic mass is 9.90. The van der Waals surface area contributed by atoms with Crippen molar-refractivity contribution in [1.29, 1.82) is 0 Å². The highest BCUT2D eigenvalue weighted by Crippen LogP contribution is 2.59. The molecule has 0 aromatic carbocycles. The predicted octanol–water partition coefficient (Wildman–Crippen LogP) is 2.82. The number of fused-ring (bicyclic) bond motifs is 3. The SMILES string of the molecule is CN(C)C(=O)OC1CCCC2(C1)OOC1(CC3CCC1C3)O2. The van der Waals surface area contributed by atoms with E-state index in [0.717, 1.165) is 31.6 Å². The Morgan fingerprint density at radius 3 is 2.73 bits per heavy atom. The second-order valence-corrected chi connectivity index (χ2v) is 7.57. The maximum Gasteiger partial charge on any atom is 0.409 e. The molecule has 6 nitrogen and oxygen atoms in total. The Balaban J connectivity index is 1.43. The second-order valence-electron chi connectivity index (χ2n) is 7.57. The summed E-state index contributed by atoms with van der Waals surface area (Å²) in [5.41, 5.74) is 0. The van der Waals surface area contributed by atoms with Gasteiger partial charge in [0.15, 0.2) is 0 Å². The zero-order valence-corrected chi connectivity index (χ0v) is 13.4. The minimum atomic E-state index is -0.722. The molecule has 0 aromatic heterocycles. The van der Waals surface area contributed by atoms with Crippen LogP contribution in [0.25, 0.3) is 0 Å². The summed E-state index contributed by atoms with van der Waals surface area (Å²) in [5, 5.41) is 0. The minimum Gasteiger partial charge on any atom is -0.446 e. The van der Waals surface area contributed by atoms with E-state index in [1.807, 2.05) is 0 Å². The van der Waals surface area contributed by atoms with Crippen LogP contribution in [0.15, 0.2) is 0 Å². The maximum absolute atomic E-state index is 11.8. The van der Waals surface area contributed by atoms with E-state index in [1.54, 1.807) is 14.1 Å². The van der Waals surface area contributed by atoms with Gasteiger partial charge in [0.1, 0.15) is 6.10 Å². The topological polar surface area (TPSA) is 57.2 Å². The van der Waals surface area contributed by atoms with Crippen LogP contribution in [-0.4, -0.2) is 42.8 Å². The van der Waals surface area contributed by atoms with Crippen LogP contribution in [0.1, 0.15) is 51.4 Å². The Bertz CT molecular complexity index is 469. The van der Waals surface area contributed by atoms with Gasteiger partial charge in [-0.15, -0.1) is 0 Å².